The molecule has 1 aliphatic rings. The first-order chi connectivity index (χ1) is 7.15. The van der Waals surface area contributed by atoms with E-state index in [0.29, 0.717) is 6.04 Å². The zero-order valence-corrected chi connectivity index (χ0v) is 10.6. The van der Waals surface area contributed by atoms with Gasteiger partial charge in [-0.05, 0) is 46.1 Å². The summed E-state index contributed by atoms with van der Waals surface area (Å²) in [4.78, 5) is 2.62. The van der Waals surface area contributed by atoms with Crippen molar-refractivity contribution in [3.05, 3.63) is 0 Å². The van der Waals surface area contributed by atoms with Gasteiger partial charge in [0.1, 0.15) is 0 Å². The molecule has 0 saturated carbocycles. The summed E-state index contributed by atoms with van der Waals surface area (Å²) in [6, 6.07) is 1.29. The fourth-order valence-electron chi connectivity index (χ4n) is 2.85. The van der Waals surface area contributed by atoms with Gasteiger partial charge in [-0.3, -0.25) is 4.90 Å². The number of hydrogen-bond acceptors (Lipinski definition) is 2. The summed E-state index contributed by atoms with van der Waals surface area (Å²) in [7, 11) is 0. The second kappa shape index (κ2) is 6.49. The maximum atomic E-state index is 9.46. The highest BCUT2D eigenvalue weighted by Gasteiger charge is 2.24. The quantitative estimate of drug-likeness (QED) is 0.776. The molecule has 1 saturated heterocycles. The molecule has 15 heavy (non-hydrogen) atoms. The zero-order chi connectivity index (χ0) is 11.3. The fraction of sp³-hybridized carbons (Fsp3) is 1.00. The van der Waals surface area contributed by atoms with Crippen molar-refractivity contribution in [2.24, 2.45) is 0 Å². The van der Waals surface area contributed by atoms with Gasteiger partial charge in [0.25, 0.3) is 0 Å². The number of hydrogen-bond donors (Lipinski definition) is 1. The third-order valence-corrected chi connectivity index (χ3v) is 3.64. The van der Waals surface area contributed by atoms with Crippen LogP contribution in [0.4, 0.5) is 0 Å². The first-order valence-corrected chi connectivity index (χ1v) is 6.59. The summed E-state index contributed by atoms with van der Waals surface area (Å²) in [5.74, 6) is 0. The van der Waals surface area contributed by atoms with Crippen LogP contribution in [0.1, 0.15) is 59.3 Å². The molecule has 0 aromatic rings. The lowest BCUT2D eigenvalue weighted by molar-refractivity contribution is 0.0895. The summed E-state index contributed by atoms with van der Waals surface area (Å²) >= 11 is 0. The first-order valence-electron chi connectivity index (χ1n) is 6.59. The van der Waals surface area contributed by atoms with E-state index in [9.17, 15) is 5.11 Å². The lowest BCUT2D eigenvalue weighted by Gasteiger charge is -2.35. The van der Waals surface area contributed by atoms with Crippen molar-refractivity contribution < 1.29 is 5.11 Å². The summed E-state index contributed by atoms with van der Waals surface area (Å²) in [5, 5.41) is 9.46. The second-order valence-electron chi connectivity index (χ2n) is 5.08. The highest BCUT2D eigenvalue weighted by Crippen LogP contribution is 2.22. The van der Waals surface area contributed by atoms with Crippen molar-refractivity contribution in [3.63, 3.8) is 0 Å². The van der Waals surface area contributed by atoms with Crippen LogP contribution in [-0.4, -0.2) is 34.7 Å². The number of aliphatic hydroxyl groups excluding tert-OH is 1. The largest absolute Gasteiger partial charge is 0.393 e. The summed E-state index contributed by atoms with van der Waals surface area (Å²) < 4.78 is 0. The normalized spacial score (nSPS) is 28.4. The van der Waals surface area contributed by atoms with E-state index in [1.54, 1.807) is 0 Å². The van der Waals surface area contributed by atoms with E-state index in [0.717, 1.165) is 12.5 Å². The van der Waals surface area contributed by atoms with Crippen molar-refractivity contribution in [2.75, 3.05) is 6.54 Å². The van der Waals surface area contributed by atoms with Gasteiger partial charge in [-0.2, -0.15) is 0 Å². The topological polar surface area (TPSA) is 23.5 Å². The van der Waals surface area contributed by atoms with Crippen LogP contribution in [0.2, 0.25) is 0 Å². The Balaban J connectivity index is 2.53. The van der Waals surface area contributed by atoms with Crippen molar-refractivity contribution in [2.45, 2.75) is 77.5 Å². The van der Waals surface area contributed by atoms with Crippen LogP contribution in [0.15, 0.2) is 0 Å². The van der Waals surface area contributed by atoms with E-state index in [4.69, 9.17) is 0 Å². The van der Waals surface area contributed by atoms with Crippen molar-refractivity contribution in [1.29, 1.82) is 0 Å². The Kier molecular flexibility index (Phi) is 5.62. The van der Waals surface area contributed by atoms with Crippen LogP contribution < -0.4 is 0 Å². The maximum Gasteiger partial charge on any atom is 0.0526 e. The average Bonchev–Trinajstić information content (AvgIpc) is 2.40. The van der Waals surface area contributed by atoms with Gasteiger partial charge in [0.05, 0.1) is 6.10 Å². The van der Waals surface area contributed by atoms with Crippen molar-refractivity contribution >= 4 is 0 Å². The maximum absolute atomic E-state index is 9.46. The molecule has 1 N–H and O–H groups in total. The molecule has 0 aliphatic carbocycles. The van der Waals surface area contributed by atoms with Crippen LogP contribution in [0.3, 0.4) is 0 Å². The van der Waals surface area contributed by atoms with Gasteiger partial charge in [0, 0.05) is 12.1 Å². The summed E-state index contributed by atoms with van der Waals surface area (Å²) in [5.41, 5.74) is 0. The third kappa shape index (κ3) is 4.12. The molecule has 0 spiro atoms. The van der Waals surface area contributed by atoms with Gasteiger partial charge in [0.2, 0.25) is 0 Å². The molecule has 3 unspecified atom stereocenters. The minimum absolute atomic E-state index is 0.166. The fourth-order valence-corrected chi connectivity index (χ4v) is 2.85. The monoisotopic (exact) mass is 213 g/mol. The number of nitrogens with zero attached hydrogens (tertiary/aromatic N) is 1. The highest BCUT2D eigenvalue weighted by molar-refractivity contribution is 4.79. The molecular formula is C13H27NO. The molecule has 0 radical (unpaired) electrons. The van der Waals surface area contributed by atoms with Gasteiger partial charge < -0.3 is 5.11 Å². The lowest BCUT2D eigenvalue weighted by atomic mass is 10.0. The van der Waals surface area contributed by atoms with Gasteiger partial charge in [-0.1, -0.05) is 19.8 Å². The van der Waals surface area contributed by atoms with E-state index in [1.807, 2.05) is 6.92 Å². The molecule has 0 bridgehead atoms. The van der Waals surface area contributed by atoms with E-state index >= 15 is 0 Å². The smallest absolute Gasteiger partial charge is 0.0526 e. The minimum Gasteiger partial charge on any atom is -0.393 e. The van der Waals surface area contributed by atoms with Crippen molar-refractivity contribution in [3.8, 4) is 0 Å². The van der Waals surface area contributed by atoms with Crippen LogP contribution in [0.5, 0.6) is 0 Å². The number of aliphatic hydroxyl groups is 1. The molecule has 3 atom stereocenters. The van der Waals surface area contributed by atoms with E-state index in [1.165, 1.54) is 38.6 Å². The standard InChI is InChI=1S/C13H27NO/c1-4-13-8-6-5-7-9-14(13)11(2)10-12(3)15/h11-13,15H,4-10H2,1-3H3. The number of rotatable bonds is 4. The second-order valence-corrected chi connectivity index (χ2v) is 5.08. The Labute approximate surface area is 94.7 Å². The summed E-state index contributed by atoms with van der Waals surface area (Å²) in [6.45, 7) is 7.68. The zero-order valence-electron chi connectivity index (χ0n) is 10.6. The van der Waals surface area contributed by atoms with E-state index < -0.39 is 0 Å². The number of likely N-dealkylation sites (tertiary alicyclic amines) is 1. The predicted octanol–water partition coefficient (Wildman–Crippen LogP) is 2.80. The van der Waals surface area contributed by atoms with Gasteiger partial charge in [0.15, 0.2) is 0 Å². The van der Waals surface area contributed by atoms with Gasteiger partial charge >= 0.3 is 0 Å². The Bertz CT molecular complexity index is 170. The average molecular weight is 213 g/mol. The third-order valence-electron chi connectivity index (χ3n) is 3.64. The molecule has 2 nitrogen and oxygen atoms in total. The van der Waals surface area contributed by atoms with E-state index in [2.05, 4.69) is 18.7 Å². The molecule has 90 valence electrons. The minimum atomic E-state index is -0.166. The molecule has 0 aromatic heterocycles. The van der Waals surface area contributed by atoms with Crippen LogP contribution in [0.25, 0.3) is 0 Å². The van der Waals surface area contributed by atoms with Gasteiger partial charge in [-0.25, -0.2) is 0 Å². The molecule has 1 aliphatic heterocycles. The Morgan fingerprint density at radius 2 is 2.00 bits per heavy atom. The Morgan fingerprint density at radius 1 is 1.27 bits per heavy atom. The first kappa shape index (κ1) is 13.0. The molecule has 2 heteroatoms. The van der Waals surface area contributed by atoms with Crippen molar-refractivity contribution in [1.82, 2.24) is 4.90 Å². The van der Waals surface area contributed by atoms with Crippen LogP contribution >= 0.6 is 0 Å². The van der Waals surface area contributed by atoms with E-state index in [-0.39, 0.29) is 6.10 Å². The molecule has 1 rings (SSSR count). The molecular weight excluding hydrogens is 186 g/mol. The summed E-state index contributed by atoms with van der Waals surface area (Å²) in [6.07, 6.45) is 7.45. The Morgan fingerprint density at radius 3 is 2.60 bits per heavy atom. The molecule has 0 aromatic carbocycles. The Hall–Kier alpha value is -0.0800. The highest BCUT2D eigenvalue weighted by atomic mass is 16.3. The lowest BCUT2D eigenvalue weighted by Crippen LogP contribution is -2.42. The van der Waals surface area contributed by atoms with Crippen LogP contribution in [-0.2, 0) is 0 Å². The van der Waals surface area contributed by atoms with Crippen LogP contribution in [0, 0.1) is 0 Å². The molecule has 1 heterocycles. The van der Waals surface area contributed by atoms with Gasteiger partial charge in [-0.15, -0.1) is 0 Å². The SMILES string of the molecule is CCC1CCCCCN1C(C)CC(C)O. The predicted molar refractivity (Wildman–Crippen MR) is 65.0 cm³/mol. The molecule has 1 fully saturated rings. The molecule has 0 amide bonds.